The van der Waals surface area contributed by atoms with E-state index in [2.05, 4.69) is 46.5 Å². The maximum absolute atomic E-state index is 5.58. The average Bonchev–Trinajstić information content (AvgIpc) is 3.26. The van der Waals surface area contributed by atoms with Gasteiger partial charge in [0.1, 0.15) is 6.26 Å². The van der Waals surface area contributed by atoms with Gasteiger partial charge in [0, 0.05) is 31.4 Å². The fourth-order valence-electron chi connectivity index (χ4n) is 3.17. The van der Waals surface area contributed by atoms with Crippen molar-refractivity contribution in [2.75, 3.05) is 7.05 Å². The second kappa shape index (κ2) is 8.73. The van der Waals surface area contributed by atoms with E-state index in [0.29, 0.717) is 12.4 Å². The van der Waals surface area contributed by atoms with Gasteiger partial charge < -0.3 is 15.1 Å². The first-order valence-corrected chi connectivity index (χ1v) is 9.44. The largest absolute Gasteiger partial charge is 0.444 e. The van der Waals surface area contributed by atoms with Crippen molar-refractivity contribution < 1.29 is 4.42 Å². The topological polar surface area (TPSA) is 80.3 Å². The van der Waals surface area contributed by atoms with Gasteiger partial charge in [0.2, 0.25) is 5.89 Å². The maximum Gasteiger partial charge on any atom is 0.226 e. The van der Waals surface area contributed by atoms with Crippen molar-refractivity contribution in [2.45, 2.75) is 39.8 Å². The van der Waals surface area contributed by atoms with Crippen LogP contribution in [-0.4, -0.2) is 33.8 Å². The van der Waals surface area contributed by atoms with Gasteiger partial charge in [0.25, 0.3) is 0 Å². The SMILES string of the molecule is CN=C(NCc1coc(-c2ccccc2)n1)NC(C)Cc1c(C)nn(C)c1C. The van der Waals surface area contributed by atoms with E-state index in [9.17, 15) is 0 Å². The number of hydrogen-bond acceptors (Lipinski definition) is 4. The molecule has 0 saturated heterocycles. The molecule has 0 bridgehead atoms. The highest BCUT2D eigenvalue weighted by atomic mass is 16.3. The molecule has 0 spiro atoms. The fraction of sp³-hybridized carbons (Fsp3) is 0.381. The molecule has 0 fully saturated rings. The number of aryl methyl sites for hydroxylation is 2. The van der Waals surface area contributed by atoms with Gasteiger partial charge in [-0.25, -0.2) is 4.98 Å². The number of rotatable bonds is 6. The smallest absolute Gasteiger partial charge is 0.226 e. The summed E-state index contributed by atoms with van der Waals surface area (Å²) in [5.74, 6) is 1.35. The molecule has 2 heterocycles. The Balaban J connectivity index is 1.55. The quantitative estimate of drug-likeness (QED) is 0.508. The van der Waals surface area contributed by atoms with Gasteiger partial charge in [0.05, 0.1) is 17.9 Å². The van der Waals surface area contributed by atoms with Gasteiger partial charge in [-0.05, 0) is 44.9 Å². The van der Waals surface area contributed by atoms with E-state index in [0.717, 1.165) is 29.3 Å². The predicted molar refractivity (Wildman–Crippen MR) is 111 cm³/mol. The van der Waals surface area contributed by atoms with Crippen molar-refractivity contribution in [3.63, 3.8) is 0 Å². The van der Waals surface area contributed by atoms with Crippen LogP contribution in [0.15, 0.2) is 46.0 Å². The Morgan fingerprint density at radius 2 is 2.00 bits per heavy atom. The first-order valence-electron chi connectivity index (χ1n) is 9.44. The lowest BCUT2D eigenvalue weighted by molar-refractivity contribution is 0.571. The lowest BCUT2D eigenvalue weighted by Crippen LogP contribution is -2.42. The summed E-state index contributed by atoms with van der Waals surface area (Å²) in [7, 11) is 3.74. The molecule has 0 aliphatic rings. The van der Waals surface area contributed by atoms with Crippen LogP contribution in [0.3, 0.4) is 0 Å². The van der Waals surface area contributed by atoms with E-state index in [1.165, 1.54) is 11.3 Å². The molecule has 0 radical (unpaired) electrons. The Kier molecular flexibility index (Phi) is 6.13. The highest BCUT2D eigenvalue weighted by Gasteiger charge is 2.14. The summed E-state index contributed by atoms with van der Waals surface area (Å²) in [6.45, 7) is 6.83. The molecule has 0 aliphatic carbocycles. The molecule has 0 saturated carbocycles. The van der Waals surface area contributed by atoms with Crippen LogP contribution in [0.1, 0.15) is 29.6 Å². The number of benzene rings is 1. The van der Waals surface area contributed by atoms with E-state index < -0.39 is 0 Å². The second-order valence-electron chi connectivity index (χ2n) is 6.96. The number of oxazole rings is 1. The summed E-state index contributed by atoms with van der Waals surface area (Å²) < 4.78 is 7.51. The third-order valence-corrected chi connectivity index (χ3v) is 4.79. The van der Waals surface area contributed by atoms with Crippen molar-refractivity contribution in [3.05, 3.63) is 59.2 Å². The third kappa shape index (κ3) is 4.60. The van der Waals surface area contributed by atoms with Crippen LogP contribution in [0.2, 0.25) is 0 Å². The Hall–Kier alpha value is -3.09. The molecule has 7 nitrogen and oxygen atoms in total. The molecule has 3 rings (SSSR count). The molecule has 148 valence electrons. The van der Waals surface area contributed by atoms with Gasteiger partial charge in [-0.1, -0.05) is 18.2 Å². The van der Waals surface area contributed by atoms with Gasteiger partial charge in [-0.15, -0.1) is 0 Å². The molecule has 2 N–H and O–H groups in total. The van der Waals surface area contributed by atoms with Crippen molar-refractivity contribution in [1.82, 2.24) is 25.4 Å². The van der Waals surface area contributed by atoms with Gasteiger partial charge in [0.15, 0.2) is 5.96 Å². The summed E-state index contributed by atoms with van der Waals surface area (Å²) in [5.41, 5.74) is 5.35. The zero-order valence-corrected chi connectivity index (χ0v) is 17.2. The molecule has 2 aromatic heterocycles. The minimum absolute atomic E-state index is 0.213. The van der Waals surface area contributed by atoms with Crippen LogP contribution in [0.5, 0.6) is 0 Å². The van der Waals surface area contributed by atoms with Crippen LogP contribution < -0.4 is 10.6 Å². The van der Waals surface area contributed by atoms with E-state index in [-0.39, 0.29) is 6.04 Å². The average molecular weight is 380 g/mol. The van der Waals surface area contributed by atoms with Crippen LogP contribution in [0.4, 0.5) is 0 Å². The highest BCUT2D eigenvalue weighted by molar-refractivity contribution is 5.79. The normalized spacial score (nSPS) is 12.8. The van der Waals surface area contributed by atoms with Crippen LogP contribution in [0.25, 0.3) is 11.5 Å². The molecule has 1 aromatic carbocycles. The Labute approximate surface area is 165 Å². The molecule has 3 aromatic rings. The Bertz CT molecular complexity index is 941. The summed E-state index contributed by atoms with van der Waals surface area (Å²) >= 11 is 0. The zero-order chi connectivity index (χ0) is 20.1. The molecule has 7 heteroatoms. The molecule has 0 amide bonds. The lowest BCUT2D eigenvalue weighted by atomic mass is 10.1. The van der Waals surface area contributed by atoms with Crippen molar-refractivity contribution in [1.29, 1.82) is 0 Å². The van der Waals surface area contributed by atoms with Gasteiger partial charge in [-0.3, -0.25) is 9.67 Å². The van der Waals surface area contributed by atoms with Crippen LogP contribution in [-0.2, 0) is 20.0 Å². The van der Waals surface area contributed by atoms with E-state index in [1.54, 1.807) is 13.3 Å². The molecular formula is C21H28N6O. The molecule has 1 unspecified atom stereocenters. The van der Waals surface area contributed by atoms with E-state index >= 15 is 0 Å². The first-order chi connectivity index (χ1) is 13.5. The predicted octanol–water partition coefficient (Wildman–Crippen LogP) is 2.99. The van der Waals surface area contributed by atoms with Crippen LogP contribution >= 0.6 is 0 Å². The number of aromatic nitrogens is 3. The Morgan fingerprint density at radius 3 is 2.64 bits per heavy atom. The number of guanidine groups is 1. The number of hydrogen-bond donors (Lipinski definition) is 2. The molecular weight excluding hydrogens is 352 g/mol. The van der Waals surface area contributed by atoms with E-state index in [1.807, 2.05) is 42.1 Å². The standard InChI is InChI=1S/C21H28N6O/c1-14(11-19-15(2)26-27(5)16(19)3)24-21(22-4)23-12-18-13-28-20(25-18)17-9-7-6-8-10-17/h6-10,13-14H,11-12H2,1-5H3,(H2,22,23,24). The lowest BCUT2D eigenvalue weighted by Gasteiger charge is -2.17. The van der Waals surface area contributed by atoms with Gasteiger partial charge >= 0.3 is 0 Å². The second-order valence-corrected chi connectivity index (χ2v) is 6.96. The molecule has 28 heavy (non-hydrogen) atoms. The Morgan fingerprint density at radius 1 is 1.25 bits per heavy atom. The number of aliphatic imine (C=N–C) groups is 1. The summed E-state index contributed by atoms with van der Waals surface area (Å²) in [6.07, 6.45) is 2.56. The zero-order valence-electron chi connectivity index (χ0n) is 17.2. The fourth-order valence-corrected chi connectivity index (χ4v) is 3.17. The summed E-state index contributed by atoms with van der Waals surface area (Å²) in [5, 5.41) is 11.2. The minimum Gasteiger partial charge on any atom is -0.444 e. The summed E-state index contributed by atoms with van der Waals surface area (Å²) in [6, 6.07) is 10.1. The van der Waals surface area contributed by atoms with E-state index in [4.69, 9.17) is 4.42 Å². The maximum atomic E-state index is 5.58. The first kappa shape index (κ1) is 19.7. The third-order valence-electron chi connectivity index (χ3n) is 4.79. The number of nitrogens with zero attached hydrogens (tertiary/aromatic N) is 4. The van der Waals surface area contributed by atoms with Gasteiger partial charge in [-0.2, -0.15) is 5.10 Å². The van der Waals surface area contributed by atoms with Crippen molar-refractivity contribution in [2.24, 2.45) is 12.0 Å². The minimum atomic E-state index is 0.213. The number of nitrogens with one attached hydrogen (secondary N) is 2. The molecule has 0 aliphatic heterocycles. The molecule has 1 atom stereocenters. The van der Waals surface area contributed by atoms with Crippen molar-refractivity contribution in [3.8, 4) is 11.5 Å². The van der Waals surface area contributed by atoms with Crippen LogP contribution in [0, 0.1) is 13.8 Å². The monoisotopic (exact) mass is 380 g/mol. The highest BCUT2D eigenvalue weighted by Crippen LogP contribution is 2.18. The summed E-state index contributed by atoms with van der Waals surface area (Å²) in [4.78, 5) is 8.85. The van der Waals surface area contributed by atoms with Crippen molar-refractivity contribution >= 4 is 5.96 Å².